The van der Waals surface area contributed by atoms with E-state index in [1.807, 2.05) is 20.8 Å². The van der Waals surface area contributed by atoms with Crippen molar-refractivity contribution in [1.29, 1.82) is 0 Å². The van der Waals surface area contributed by atoms with Crippen LogP contribution in [0.1, 0.15) is 27.7 Å². The van der Waals surface area contributed by atoms with Gasteiger partial charge in [-0.15, -0.1) is 0 Å². The predicted octanol–water partition coefficient (Wildman–Crippen LogP) is 1.21. The summed E-state index contributed by atoms with van der Waals surface area (Å²) in [5.74, 6) is -0.0618. The van der Waals surface area contributed by atoms with Gasteiger partial charge in [-0.2, -0.15) is 0 Å². The van der Waals surface area contributed by atoms with Gasteiger partial charge < -0.3 is 14.4 Å². The van der Waals surface area contributed by atoms with Crippen LogP contribution in [-0.2, 0) is 14.3 Å². The van der Waals surface area contributed by atoms with E-state index in [0.717, 1.165) is 0 Å². The lowest BCUT2D eigenvalue weighted by atomic mass is 10.2. The van der Waals surface area contributed by atoms with E-state index in [-0.39, 0.29) is 18.4 Å². The molecule has 0 aromatic carbocycles. The summed E-state index contributed by atoms with van der Waals surface area (Å²) in [7, 11) is 0. The molecule has 1 saturated heterocycles. The summed E-state index contributed by atoms with van der Waals surface area (Å²) in [6.45, 7) is 8.03. The second-order valence-corrected chi connectivity index (χ2v) is 4.90. The Morgan fingerprint density at radius 3 is 2.50 bits per heavy atom. The Labute approximate surface area is 95.7 Å². The number of hydrogen-bond acceptors (Lipinski definition) is 4. The SMILES string of the molecule is CC(=O)[C@H]1CN(C(=O)OC(C)(C)C)CCO1. The molecule has 0 aromatic heterocycles. The fourth-order valence-corrected chi connectivity index (χ4v) is 1.39. The van der Waals surface area contributed by atoms with Gasteiger partial charge in [0.05, 0.1) is 13.2 Å². The third kappa shape index (κ3) is 3.81. The van der Waals surface area contributed by atoms with Crippen molar-refractivity contribution >= 4 is 11.9 Å². The summed E-state index contributed by atoms with van der Waals surface area (Å²) in [4.78, 5) is 24.4. The van der Waals surface area contributed by atoms with E-state index in [1.54, 1.807) is 0 Å². The van der Waals surface area contributed by atoms with Crippen LogP contribution in [0.4, 0.5) is 4.79 Å². The summed E-state index contributed by atoms with van der Waals surface area (Å²) >= 11 is 0. The molecule has 1 amide bonds. The van der Waals surface area contributed by atoms with Crippen molar-refractivity contribution in [2.24, 2.45) is 0 Å². The summed E-state index contributed by atoms with van der Waals surface area (Å²) < 4.78 is 10.5. The zero-order valence-corrected chi connectivity index (χ0v) is 10.3. The van der Waals surface area contributed by atoms with E-state index in [0.29, 0.717) is 13.2 Å². The van der Waals surface area contributed by atoms with Gasteiger partial charge in [0.15, 0.2) is 5.78 Å². The second kappa shape index (κ2) is 4.82. The van der Waals surface area contributed by atoms with Gasteiger partial charge >= 0.3 is 6.09 Å². The summed E-state index contributed by atoms with van der Waals surface area (Å²) in [6, 6.07) is 0. The zero-order valence-electron chi connectivity index (χ0n) is 10.3. The van der Waals surface area contributed by atoms with Gasteiger partial charge in [0, 0.05) is 6.54 Å². The summed E-state index contributed by atoms with van der Waals surface area (Å²) in [5.41, 5.74) is -0.513. The smallest absolute Gasteiger partial charge is 0.410 e. The van der Waals surface area contributed by atoms with Crippen molar-refractivity contribution in [2.75, 3.05) is 19.7 Å². The van der Waals surface area contributed by atoms with Crippen molar-refractivity contribution in [3.63, 3.8) is 0 Å². The molecular formula is C11H19NO4. The van der Waals surface area contributed by atoms with E-state index in [2.05, 4.69) is 0 Å². The van der Waals surface area contributed by atoms with Gasteiger partial charge in [0.1, 0.15) is 11.7 Å². The molecule has 1 atom stereocenters. The fraction of sp³-hybridized carbons (Fsp3) is 0.818. The first kappa shape index (κ1) is 13.0. The molecule has 1 aliphatic rings. The molecule has 1 aliphatic heterocycles. The molecule has 5 heteroatoms. The number of ether oxygens (including phenoxy) is 2. The Hall–Kier alpha value is -1.10. The van der Waals surface area contributed by atoms with E-state index in [4.69, 9.17) is 9.47 Å². The van der Waals surface area contributed by atoms with Gasteiger partial charge in [-0.05, 0) is 27.7 Å². The molecule has 1 heterocycles. The highest BCUT2D eigenvalue weighted by Crippen LogP contribution is 2.13. The molecule has 0 N–H and O–H groups in total. The Morgan fingerprint density at radius 2 is 2.00 bits per heavy atom. The number of Topliss-reactive ketones (excluding diaryl/α,β-unsaturated/α-hetero) is 1. The molecule has 0 spiro atoms. The van der Waals surface area contributed by atoms with Gasteiger partial charge in [-0.1, -0.05) is 0 Å². The van der Waals surface area contributed by atoms with E-state index in [1.165, 1.54) is 11.8 Å². The molecule has 0 aliphatic carbocycles. The average molecular weight is 229 g/mol. The minimum absolute atomic E-state index is 0.0618. The first-order chi connectivity index (χ1) is 7.29. The molecule has 5 nitrogen and oxygen atoms in total. The fourth-order valence-electron chi connectivity index (χ4n) is 1.39. The van der Waals surface area contributed by atoms with Crippen LogP contribution in [0.15, 0.2) is 0 Å². The van der Waals surface area contributed by atoms with Crippen LogP contribution in [0.3, 0.4) is 0 Å². The van der Waals surface area contributed by atoms with Gasteiger partial charge in [-0.25, -0.2) is 4.79 Å². The third-order valence-electron chi connectivity index (χ3n) is 2.17. The van der Waals surface area contributed by atoms with Crippen LogP contribution < -0.4 is 0 Å². The maximum Gasteiger partial charge on any atom is 0.410 e. The first-order valence-corrected chi connectivity index (χ1v) is 5.39. The van der Waals surface area contributed by atoms with Crippen molar-refractivity contribution in [1.82, 2.24) is 4.90 Å². The highest BCUT2D eigenvalue weighted by molar-refractivity contribution is 5.81. The third-order valence-corrected chi connectivity index (χ3v) is 2.17. The summed E-state index contributed by atoms with van der Waals surface area (Å²) in [6.07, 6.45) is -0.900. The van der Waals surface area contributed by atoms with Crippen molar-refractivity contribution in [3.8, 4) is 0 Å². The van der Waals surface area contributed by atoms with E-state index in [9.17, 15) is 9.59 Å². The quantitative estimate of drug-likeness (QED) is 0.678. The molecular weight excluding hydrogens is 210 g/mol. The molecule has 0 aromatic rings. The van der Waals surface area contributed by atoms with Crippen LogP contribution in [0, 0.1) is 0 Å². The lowest BCUT2D eigenvalue weighted by Crippen LogP contribution is -2.49. The first-order valence-electron chi connectivity index (χ1n) is 5.39. The lowest BCUT2D eigenvalue weighted by molar-refractivity contribution is -0.133. The second-order valence-electron chi connectivity index (χ2n) is 4.90. The molecule has 92 valence electrons. The molecule has 0 bridgehead atoms. The Morgan fingerprint density at radius 1 is 1.38 bits per heavy atom. The molecule has 16 heavy (non-hydrogen) atoms. The van der Waals surface area contributed by atoms with Crippen molar-refractivity contribution in [2.45, 2.75) is 39.4 Å². The van der Waals surface area contributed by atoms with Crippen molar-refractivity contribution < 1.29 is 19.1 Å². The van der Waals surface area contributed by atoms with Gasteiger partial charge in [-0.3, -0.25) is 4.79 Å². The number of rotatable bonds is 1. The van der Waals surface area contributed by atoms with Crippen LogP contribution in [0.2, 0.25) is 0 Å². The normalized spacial score (nSPS) is 21.8. The predicted molar refractivity (Wildman–Crippen MR) is 58.2 cm³/mol. The number of ketones is 1. The van der Waals surface area contributed by atoms with Crippen molar-refractivity contribution in [3.05, 3.63) is 0 Å². The number of nitrogens with zero attached hydrogens (tertiary/aromatic N) is 1. The van der Waals surface area contributed by atoms with Crippen LogP contribution >= 0.6 is 0 Å². The number of carbonyl (C=O) groups excluding carboxylic acids is 2. The van der Waals surface area contributed by atoms with Gasteiger partial charge in [0.25, 0.3) is 0 Å². The monoisotopic (exact) mass is 229 g/mol. The minimum atomic E-state index is -0.513. The van der Waals surface area contributed by atoms with Crippen LogP contribution in [0.25, 0.3) is 0 Å². The topological polar surface area (TPSA) is 55.8 Å². The average Bonchev–Trinajstić information content (AvgIpc) is 2.15. The number of amides is 1. The Balaban J connectivity index is 2.54. The molecule has 1 rings (SSSR count). The van der Waals surface area contributed by atoms with E-state index >= 15 is 0 Å². The zero-order chi connectivity index (χ0) is 12.3. The number of carbonyl (C=O) groups is 2. The standard InChI is InChI=1S/C11H19NO4/c1-8(13)9-7-12(5-6-15-9)10(14)16-11(2,3)4/h9H,5-7H2,1-4H3/t9-/m1/s1. The largest absolute Gasteiger partial charge is 0.444 e. The number of morpholine rings is 1. The number of hydrogen-bond donors (Lipinski definition) is 0. The highest BCUT2D eigenvalue weighted by atomic mass is 16.6. The van der Waals surface area contributed by atoms with Crippen LogP contribution in [-0.4, -0.2) is 48.2 Å². The molecule has 1 fully saturated rings. The molecule has 0 saturated carbocycles. The Bertz CT molecular complexity index is 282. The lowest BCUT2D eigenvalue weighted by Gasteiger charge is -2.33. The minimum Gasteiger partial charge on any atom is -0.444 e. The maximum atomic E-state index is 11.7. The van der Waals surface area contributed by atoms with Crippen LogP contribution in [0.5, 0.6) is 0 Å². The molecule has 0 radical (unpaired) electrons. The van der Waals surface area contributed by atoms with Gasteiger partial charge in [0.2, 0.25) is 0 Å². The Kier molecular flexibility index (Phi) is 3.91. The summed E-state index contributed by atoms with van der Waals surface area (Å²) in [5, 5.41) is 0. The highest BCUT2D eigenvalue weighted by Gasteiger charge is 2.29. The molecule has 0 unspecified atom stereocenters. The maximum absolute atomic E-state index is 11.7. The van der Waals surface area contributed by atoms with E-state index < -0.39 is 11.7 Å².